The molecular formula is C10H14N6O2S. The number of nitrogens with zero attached hydrogens (tertiary/aromatic N) is 5. The highest BCUT2D eigenvalue weighted by atomic mass is 32.2. The molecule has 0 amide bonds. The molecule has 1 aliphatic heterocycles. The fourth-order valence-electron chi connectivity index (χ4n) is 2.17. The van der Waals surface area contributed by atoms with Crippen molar-refractivity contribution in [1.82, 2.24) is 29.3 Å². The number of fused-ring (bicyclic) bond motifs is 1. The van der Waals surface area contributed by atoms with E-state index in [1.54, 1.807) is 0 Å². The molecule has 0 aromatic carbocycles. The minimum Gasteiger partial charge on any atom is -0.314 e. The Hall–Kier alpha value is -1.74. The van der Waals surface area contributed by atoms with Crippen LogP contribution in [0.2, 0.25) is 0 Å². The van der Waals surface area contributed by atoms with E-state index in [1.165, 1.54) is 23.6 Å². The van der Waals surface area contributed by atoms with Crippen molar-refractivity contribution in [2.75, 3.05) is 7.05 Å². The Labute approximate surface area is 110 Å². The van der Waals surface area contributed by atoms with Gasteiger partial charge in [0.1, 0.15) is 11.6 Å². The second-order valence-corrected chi connectivity index (χ2v) is 6.48. The summed E-state index contributed by atoms with van der Waals surface area (Å²) in [6.07, 6.45) is 3.36. The average molecular weight is 282 g/mol. The molecule has 3 rings (SSSR count). The molecule has 0 aliphatic carbocycles. The van der Waals surface area contributed by atoms with Gasteiger partial charge in [-0.15, -0.1) is 10.2 Å². The van der Waals surface area contributed by atoms with Crippen LogP contribution in [0.4, 0.5) is 0 Å². The zero-order valence-corrected chi connectivity index (χ0v) is 11.3. The number of rotatable bonds is 4. The van der Waals surface area contributed by atoms with E-state index in [4.69, 9.17) is 0 Å². The van der Waals surface area contributed by atoms with Crippen molar-refractivity contribution < 1.29 is 8.42 Å². The van der Waals surface area contributed by atoms with Gasteiger partial charge in [0.2, 0.25) is 0 Å². The summed E-state index contributed by atoms with van der Waals surface area (Å²) in [6, 6.07) is 1.43. The van der Waals surface area contributed by atoms with Crippen molar-refractivity contribution in [2.24, 2.45) is 0 Å². The highest BCUT2D eigenvalue weighted by Gasteiger charge is 2.25. The number of aryl methyl sites for hydroxylation is 1. The van der Waals surface area contributed by atoms with Gasteiger partial charge in [0, 0.05) is 20.0 Å². The van der Waals surface area contributed by atoms with Gasteiger partial charge in [-0.2, -0.15) is 9.40 Å². The van der Waals surface area contributed by atoms with Crippen LogP contribution >= 0.6 is 0 Å². The van der Waals surface area contributed by atoms with Crippen LogP contribution in [-0.2, 0) is 29.5 Å². The van der Waals surface area contributed by atoms with E-state index in [-0.39, 0.29) is 11.6 Å². The summed E-state index contributed by atoms with van der Waals surface area (Å²) in [5.41, 5.74) is 0. The summed E-state index contributed by atoms with van der Waals surface area (Å²) in [5.74, 6) is 1.61. The lowest BCUT2D eigenvalue weighted by molar-refractivity contribution is 0.444. The third-order valence-electron chi connectivity index (χ3n) is 3.21. The summed E-state index contributed by atoms with van der Waals surface area (Å²) < 4.78 is 27.7. The van der Waals surface area contributed by atoms with E-state index in [2.05, 4.69) is 20.4 Å². The molecule has 102 valence electrons. The third kappa shape index (κ3) is 2.04. The molecule has 2 aromatic rings. The smallest absolute Gasteiger partial charge is 0.260 e. The van der Waals surface area contributed by atoms with E-state index in [0.717, 1.165) is 25.2 Å². The number of sulfonamides is 1. The highest BCUT2D eigenvalue weighted by molar-refractivity contribution is 7.89. The van der Waals surface area contributed by atoms with Gasteiger partial charge in [-0.05, 0) is 12.5 Å². The number of nitrogens with one attached hydrogen (secondary N) is 1. The minimum absolute atomic E-state index is 0.0798. The van der Waals surface area contributed by atoms with Gasteiger partial charge < -0.3 is 4.57 Å². The van der Waals surface area contributed by atoms with Gasteiger partial charge in [0.25, 0.3) is 10.0 Å². The summed E-state index contributed by atoms with van der Waals surface area (Å²) in [7, 11) is -2.03. The van der Waals surface area contributed by atoms with Crippen LogP contribution in [0.3, 0.4) is 0 Å². The van der Waals surface area contributed by atoms with Gasteiger partial charge in [-0.3, -0.25) is 5.10 Å². The molecule has 0 fully saturated rings. The van der Waals surface area contributed by atoms with Crippen LogP contribution in [0, 0.1) is 0 Å². The van der Waals surface area contributed by atoms with Gasteiger partial charge in [0.15, 0.2) is 5.03 Å². The molecule has 2 aromatic heterocycles. The molecule has 0 radical (unpaired) electrons. The molecule has 1 N–H and O–H groups in total. The fourth-order valence-corrected chi connectivity index (χ4v) is 3.19. The average Bonchev–Trinajstić information content (AvgIpc) is 3.07. The molecule has 0 saturated heterocycles. The van der Waals surface area contributed by atoms with Gasteiger partial charge in [-0.1, -0.05) is 0 Å². The van der Waals surface area contributed by atoms with Crippen LogP contribution in [0.15, 0.2) is 17.3 Å². The molecule has 0 spiro atoms. The van der Waals surface area contributed by atoms with E-state index in [9.17, 15) is 8.42 Å². The van der Waals surface area contributed by atoms with Crippen LogP contribution in [0.25, 0.3) is 0 Å². The van der Waals surface area contributed by atoms with Crippen molar-refractivity contribution in [3.63, 3.8) is 0 Å². The molecule has 19 heavy (non-hydrogen) atoms. The van der Waals surface area contributed by atoms with Gasteiger partial charge in [-0.25, -0.2) is 8.42 Å². The van der Waals surface area contributed by atoms with E-state index >= 15 is 0 Å². The Balaban J connectivity index is 1.84. The van der Waals surface area contributed by atoms with E-state index < -0.39 is 10.0 Å². The SMILES string of the molecule is CN(Cc1nnc2n1CCC2)S(=O)(=O)c1ccn[nH]1. The maximum absolute atomic E-state index is 12.2. The Morgan fingerprint density at radius 2 is 2.32 bits per heavy atom. The van der Waals surface area contributed by atoms with Crippen LogP contribution in [0.1, 0.15) is 18.1 Å². The molecule has 8 nitrogen and oxygen atoms in total. The fraction of sp³-hybridized carbons (Fsp3) is 0.500. The molecule has 0 bridgehead atoms. The quantitative estimate of drug-likeness (QED) is 0.835. The van der Waals surface area contributed by atoms with Crippen molar-refractivity contribution in [2.45, 2.75) is 31.0 Å². The molecule has 0 atom stereocenters. The summed E-state index contributed by atoms with van der Waals surface area (Å²) in [4.78, 5) is 0. The number of hydrogen-bond donors (Lipinski definition) is 1. The van der Waals surface area contributed by atoms with Crippen LogP contribution in [-0.4, -0.2) is 44.7 Å². The van der Waals surface area contributed by atoms with Crippen molar-refractivity contribution in [3.8, 4) is 0 Å². The summed E-state index contributed by atoms with van der Waals surface area (Å²) >= 11 is 0. The Bertz CT molecular complexity index is 675. The maximum Gasteiger partial charge on any atom is 0.260 e. The van der Waals surface area contributed by atoms with Crippen molar-refractivity contribution >= 4 is 10.0 Å². The Kier molecular flexibility index (Phi) is 2.86. The predicted molar refractivity (Wildman–Crippen MR) is 65.6 cm³/mol. The number of H-pyrrole nitrogens is 1. The molecule has 1 aliphatic rings. The highest BCUT2D eigenvalue weighted by Crippen LogP contribution is 2.17. The lowest BCUT2D eigenvalue weighted by atomic mass is 10.4. The van der Waals surface area contributed by atoms with E-state index in [0.29, 0.717) is 5.82 Å². The van der Waals surface area contributed by atoms with Crippen LogP contribution in [0.5, 0.6) is 0 Å². The van der Waals surface area contributed by atoms with Gasteiger partial charge >= 0.3 is 0 Å². The van der Waals surface area contributed by atoms with Gasteiger partial charge in [0.05, 0.1) is 12.7 Å². The normalized spacial score (nSPS) is 15.1. The first-order valence-corrected chi connectivity index (χ1v) is 7.40. The minimum atomic E-state index is -3.55. The van der Waals surface area contributed by atoms with Crippen molar-refractivity contribution in [1.29, 1.82) is 0 Å². The molecule has 0 saturated carbocycles. The first kappa shape index (κ1) is 12.3. The topological polar surface area (TPSA) is 96.8 Å². The maximum atomic E-state index is 12.2. The number of hydrogen-bond acceptors (Lipinski definition) is 5. The van der Waals surface area contributed by atoms with Crippen molar-refractivity contribution in [3.05, 3.63) is 23.9 Å². The standard InChI is InChI=1S/C10H14N6O2S/c1-15(19(17,18)10-4-5-11-14-10)7-9-13-12-8-3-2-6-16(8)9/h4-5H,2-3,6-7H2,1H3,(H,11,14). The Morgan fingerprint density at radius 1 is 1.47 bits per heavy atom. The van der Waals surface area contributed by atoms with E-state index in [1.807, 2.05) is 4.57 Å². The predicted octanol–water partition coefficient (Wildman–Crippen LogP) is -0.232. The zero-order valence-electron chi connectivity index (χ0n) is 10.4. The lowest BCUT2D eigenvalue weighted by Crippen LogP contribution is -2.28. The summed E-state index contributed by atoms with van der Waals surface area (Å²) in [6.45, 7) is 1.06. The number of aromatic nitrogens is 5. The molecule has 0 unspecified atom stereocenters. The molecule has 3 heterocycles. The second-order valence-electron chi connectivity index (χ2n) is 4.47. The zero-order chi connectivity index (χ0) is 13.5. The lowest BCUT2D eigenvalue weighted by Gasteiger charge is -2.15. The number of aromatic amines is 1. The second kappa shape index (κ2) is 4.42. The summed E-state index contributed by atoms with van der Waals surface area (Å²) in [5, 5.41) is 14.3. The third-order valence-corrected chi connectivity index (χ3v) is 4.95. The monoisotopic (exact) mass is 282 g/mol. The first-order chi connectivity index (χ1) is 9.09. The molecule has 9 heteroatoms. The Morgan fingerprint density at radius 3 is 3.05 bits per heavy atom. The van der Waals surface area contributed by atoms with Crippen LogP contribution < -0.4 is 0 Å². The first-order valence-electron chi connectivity index (χ1n) is 5.96. The largest absolute Gasteiger partial charge is 0.314 e. The molecular weight excluding hydrogens is 268 g/mol.